The first-order valence-corrected chi connectivity index (χ1v) is 6.74. The summed E-state index contributed by atoms with van der Waals surface area (Å²) in [4.78, 5) is 13.9. The zero-order chi connectivity index (χ0) is 15.5. The number of carbonyl (C=O) groups excluding carboxylic acids is 1. The van der Waals surface area contributed by atoms with Crippen LogP contribution in [0.25, 0.3) is 11.3 Å². The van der Waals surface area contributed by atoms with Crippen molar-refractivity contribution in [3.8, 4) is 17.1 Å². The molecule has 3 rings (SSSR count). The second-order valence-corrected chi connectivity index (χ2v) is 4.83. The lowest BCUT2D eigenvalue weighted by Gasteiger charge is -2.15. The number of benzene rings is 2. The molecule has 5 nitrogen and oxygen atoms in total. The normalized spacial score (nSPS) is 10.4. The summed E-state index contributed by atoms with van der Waals surface area (Å²) >= 11 is 0. The summed E-state index contributed by atoms with van der Waals surface area (Å²) in [6.45, 7) is 0. The Morgan fingerprint density at radius 2 is 1.86 bits per heavy atom. The number of para-hydroxylation sites is 1. The predicted octanol–water partition coefficient (Wildman–Crippen LogP) is 3.32. The Labute approximate surface area is 127 Å². The van der Waals surface area contributed by atoms with E-state index in [0.29, 0.717) is 11.3 Å². The number of anilines is 1. The minimum absolute atomic E-state index is 0.128. The van der Waals surface area contributed by atoms with Crippen LogP contribution in [0.2, 0.25) is 0 Å². The van der Waals surface area contributed by atoms with Crippen molar-refractivity contribution in [2.75, 3.05) is 11.9 Å². The van der Waals surface area contributed by atoms with Crippen LogP contribution in [-0.2, 0) is 0 Å². The topological polar surface area (TPSA) is 66.6 Å². The molecule has 110 valence electrons. The number of nitrogens with zero attached hydrogens (tertiary/aromatic N) is 2. The van der Waals surface area contributed by atoms with Gasteiger partial charge in [0.1, 0.15) is 5.75 Å². The lowest BCUT2D eigenvalue weighted by molar-refractivity contribution is 0.0984. The largest absolute Gasteiger partial charge is 0.508 e. The minimum atomic E-state index is -0.263. The Balaban J connectivity index is 1.86. The monoisotopic (exact) mass is 294 g/mol. The number of amides is 1. The Hall–Kier alpha value is -3.08. The Bertz CT molecular complexity index is 796. The molecule has 0 aliphatic carbocycles. The van der Waals surface area contributed by atoms with Gasteiger partial charge in [0.05, 0.1) is 0 Å². The van der Waals surface area contributed by atoms with Crippen LogP contribution in [0.3, 0.4) is 0 Å². The smallest absolute Gasteiger partial charge is 0.280 e. The highest BCUT2D eigenvalue weighted by molar-refractivity contribution is 6.04. The van der Waals surface area contributed by atoms with E-state index in [4.69, 9.17) is 4.52 Å². The Morgan fingerprint density at radius 3 is 2.59 bits per heavy atom. The number of hydrogen-bond donors (Lipinski definition) is 1. The van der Waals surface area contributed by atoms with Crippen LogP contribution in [-0.4, -0.2) is 23.2 Å². The molecule has 3 aromatic rings. The van der Waals surface area contributed by atoms with Gasteiger partial charge in [0.25, 0.3) is 5.91 Å². The molecule has 0 atom stereocenters. The summed E-state index contributed by atoms with van der Waals surface area (Å²) in [5.74, 6) is 0.297. The van der Waals surface area contributed by atoms with Crippen molar-refractivity contribution in [1.29, 1.82) is 0 Å². The van der Waals surface area contributed by atoms with Crippen LogP contribution in [0.15, 0.2) is 65.2 Å². The highest BCUT2D eigenvalue weighted by Crippen LogP contribution is 2.24. The highest BCUT2D eigenvalue weighted by atomic mass is 16.5. The zero-order valence-electron chi connectivity index (χ0n) is 11.9. The van der Waals surface area contributed by atoms with E-state index in [2.05, 4.69) is 5.16 Å². The van der Waals surface area contributed by atoms with Gasteiger partial charge in [-0.05, 0) is 24.3 Å². The van der Waals surface area contributed by atoms with E-state index in [1.807, 2.05) is 30.3 Å². The Kier molecular flexibility index (Phi) is 3.62. The maximum Gasteiger partial charge on any atom is 0.280 e. The summed E-state index contributed by atoms with van der Waals surface area (Å²) in [6.07, 6.45) is 0. The van der Waals surface area contributed by atoms with Crippen LogP contribution in [0.1, 0.15) is 10.5 Å². The number of rotatable bonds is 3. The maximum atomic E-state index is 12.4. The first-order valence-electron chi connectivity index (χ1n) is 6.74. The van der Waals surface area contributed by atoms with Gasteiger partial charge in [-0.25, -0.2) is 0 Å². The van der Waals surface area contributed by atoms with Gasteiger partial charge in [0.2, 0.25) is 0 Å². The van der Waals surface area contributed by atoms with Crippen LogP contribution in [0, 0.1) is 0 Å². The summed E-state index contributed by atoms with van der Waals surface area (Å²) in [7, 11) is 1.68. The molecular formula is C17H14N2O3. The lowest BCUT2D eigenvalue weighted by Crippen LogP contribution is -2.26. The highest BCUT2D eigenvalue weighted by Gasteiger charge is 2.18. The number of phenols is 1. The first-order chi connectivity index (χ1) is 10.6. The summed E-state index contributed by atoms with van der Waals surface area (Å²) < 4.78 is 5.20. The zero-order valence-corrected chi connectivity index (χ0v) is 11.9. The molecule has 0 saturated heterocycles. The minimum Gasteiger partial charge on any atom is -0.508 e. The van der Waals surface area contributed by atoms with Crippen molar-refractivity contribution in [2.45, 2.75) is 0 Å². The van der Waals surface area contributed by atoms with Gasteiger partial charge in [0.15, 0.2) is 11.5 Å². The molecule has 2 aromatic carbocycles. The molecule has 1 N–H and O–H groups in total. The SMILES string of the molecule is CN(C(=O)c1cc(-c2cccc(O)c2)on1)c1ccccc1. The second kappa shape index (κ2) is 5.73. The molecule has 0 spiro atoms. The average Bonchev–Trinajstić information content (AvgIpc) is 3.04. The van der Waals surface area contributed by atoms with E-state index in [-0.39, 0.29) is 17.4 Å². The summed E-state index contributed by atoms with van der Waals surface area (Å²) in [5, 5.41) is 13.3. The fourth-order valence-corrected chi connectivity index (χ4v) is 2.11. The van der Waals surface area contributed by atoms with Crippen molar-refractivity contribution in [3.63, 3.8) is 0 Å². The molecular weight excluding hydrogens is 280 g/mol. The van der Waals surface area contributed by atoms with Crippen LogP contribution >= 0.6 is 0 Å². The average molecular weight is 294 g/mol. The molecule has 1 heterocycles. The second-order valence-electron chi connectivity index (χ2n) is 4.83. The van der Waals surface area contributed by atoms with Crippen molar-refractivity contribution < 1.29 is 14.4 Å². The third-order valence-corrected chi connectivity index (χ3v) is 3.31. The fraction of sp³-hybridized carbons (Fsp3) is 0.0588. The molecule has 0 bridgehead atoms. The number of phenolic OH excluding ortho intramolecular Hbond substituents is 1. The molecule has 1 aromatic heterocycles. The quantitative estimate of drug-likeness (QED) is 0.804. The van der Waals surface area contributed by atoms with Crippen LogP contribution in [0.4, 0.5) is 5.69 Å². The molecule has 22 heavy (non-hydrogen) atoms. The Morgan fingerprint density at radius 1 is 1.09 bits per heavy atom. The third kappa shape index (κ3) is 2.69. The van der Waals surface area contributed by atoms with Gasteiger partial charge < -0.3 is 14.5 Å². The van der Waals surface area contributed by atoms with Crippen LogP contribution in [0.5, 0.6) is 5.75 Å². The van der Waals surface area contributed by atoms with E-state index >= 15 is 0 Å². The summed E-state index contributed by atoms with van der Waals surface area (Å²) in [5.41, 5.74) is 1.65. The molecule has 0 saturated carbocycles. The molecule has 0 fully saturated rings. The molecule has 5 heteroatoms. The van der Waals surface area contributed by atoms with Gasteiger partial charge >= 0.3 is 0 Å². The number of hydrogen-bond acceptors (Lipinski definition) is 4. The maximum absolute atomic E-state index is 12.4. The van der Waals surface area contributed by atoms with Crippen LogP contribution < -0.4 is 4.90 Å². The van der Waals surface area contributed by atoms with Gasteiger partial charge in [-0.3, -0.25) is 4.79 Å². The van der Waals surface area contributed by atoms with Gasteiger partial charge in [-0.1, -0.05) is 35.5 Å². The van der Waals surface area contributed by atoms with Crippen molar-refractivity contribution >= 4 is 11.6 Å². The third-order valence-electron chi connectivity index (χ3n) is 3.31. The van der Waals surface area contributed by atoms with E-state index in [0.717, 1.165) is 5.69 Å². The van der Waals surface area contributed by atoms with Crippen molar-refractivity contribution in [1.82, 2.24) is 5.16 Å². The molecule has 0 unspecified atom stereocenters. The number of carbonyl (C=O) groups is 1. The van der Waals surface area contributed by atoms with E-state index in [1.54, 1.807) is 37.4 Å². The summed E-state index contributed by atoms with van der Waals surface area (Å²) in [6, 6.07) is 17.4. The van der Waals surface area contributed by atoms with E-state index in [9.17, 15) is 9.90 Å². The van der Waals surface area contributed by atoms with Gasteiger partial charge in [-0.15, -0.1) is 0 Å². The standard InChI is InChI=1S/C17H14N2O3/c1-19(13-7-3-2-4-8-13)17(21)15-11-16(22-18-15)12-6-5-9-14(20)10-12/h2-11,20H,1H3. The van der Waals surface area contributed by atoms with Crippen molar-refractivity contribution in [3.05, 3.63) is 66.4 Å². The molecule has 0 aliphatic heterocycles. The number of aromatic nitrogens is 1. The van der Waals surface area contributed by atoms with Crippen molar-refractivity contribution in [2.24, 2.45) is 0 Å². The molecule has 0 aliphatic rings. The van der Waals surface area contributed by atoms with E-state index in [1.165, 1.54) is 4.90 Å². The molecule has 1 amide bonds. The first kappa shape index (κ1) is 13.9. The fourth-order valence-electron chi connectivity index (χ4n) is 2.11. The van der Waals surface area contributed by atoms with E-state index < -0.39 is 0 Å². The predicted molar refractivity (Wildman–Crippen MR) is 82.8 cm³/mol. The van der Waals surface area contributed by atoms with Gasteiger partial charge in [-0.2, -0.15) is 0 Å². The molecule has 0 radical (unpaired) electrons. The lowest BCUT2D eigenvalue weighted by atomic mass is 10.1. The number of aromatic hydroxyl groups is 1. The van der Waals surface area contributed by atoms with Gasteiger partial charge in [0, 0.05) is 24.4 Å².